The molecule has 4 nitrogen and oxygen atoms in total. The Morgan fingerprint density at radius 1 is 1.35 bits per heavy atom. The van der Waals surface area contributed by atoms with E-state index in [4.69, 9.17) is 5.11 Å². The van der Waals surface area contributed by atoms with Crippen molar-refractivity contribution in [2.24, 2.45) is 0 Å². The van der Waals surface area contributed by atoms with Crippen molar-refractivity contribution in [3.05, 3.63) is 45.7 Å². The zero-order valence-corrected chi connectivity index (χ0v) is 13.1. The van der Waals surface area contributed by atoms with Gasteiger partial charge in [-0.1, -0.05) is 19.1 Å². The van der Waals surface area contributed by atoms with Crippen LogP contribution in [-0.2, 0) is 17.6 Å². The number of carbonyl (C=O) groups is 1. The van der Waals surface area contributed by atoms with Crippen molar-refractivity contribution in [2.75, 3.05) is 0 Å². The van der Waals surface area contributed by atoms with Crippen molar-refractivity contribution < 1.29 is 9.90 Å². The van der Waals surface area contributed by atoms with Gasteiger partial charge in [-0.25, -0.2) is 4.68 Å². The van der Waals surface area contributed by atoms with Crippen LogP contribution in [0.15, 0.2) is 28.9 Å². The largest absolute Gasteiger partial charge is 0.481 e. The molecule has 0 amide bonds. The molecular formula is C15H17BrN2O2. The van der Waals surface area contributed by atoms with Gasteiger partial charge in [0.1, 0.15) is 4.60 Å². The van der Waals surface area contributed by atoms with Crippen molar-refractivity contribution in [1.82, 2.24) is 9.78 Å². The van der Waals surface area contributed by atoms with E-state index >= 15 is 0 Å². The van der Waals surface area contributed by atoms with E-state index in [-0.39, 0.29) is 6.42 Å². The fourth-order valence-corrected chi connectivity index (χ4v) is 2.86. The molecule has 0 saturated carbocycles. The Hall–Kier alpha value is -1.62. The number of aromatic nitrogens is 2. The minimum atomic E-state index is -0.795. The van der Waals surface area contributed by atoms with Crippen LogP contribution >= 0.6 is 15.9 Å². The number of hydrogen-bond acceptors (Lipinski definition) is 2. The molecule has 5 heteroatoms. The highest BCUT2D eigenvalue weighted by atomic mass is 79.9. The first-order valence-corrected chi connectivity index (χ1v) is 7.37. The number of hydrogen-bond donors (Lipinski definition) is 1. The topological polar surface area (TPSA) is 55.1 Å². The lowest BCUT2D eigenvalue weighted by Crippen LogP contribution is -1.99. The molecule has 106 valence electrons. The molecule has 0 radical (unpaired) electrons. The van der Waals surface area contributed by atoms with Crippen molar-refractivity contribution in [3.8, 4) is 5.69 Å². The Bertz CT molecular complexity index is 618. The molecule has 0 aliphatic rings. The fourth-order valence-electron chi connectivity index (χ4n) is 2.09. The van der Waals surface area contributed by atoms with Crippen LogP contribution in [0.2, 0.25) is 0 Å². The summed E-state index contributed by atoms with van der Waals surface area (Å²) in [6, 6.07) is 8.21. The van der Waals surface area contributed by atoms with E-state index in [1.807, 2.05) is 23.7 Å². The number of rotatable bonds is 5. The van der Waals surface area contributed by atoms with Gasteiger partial charge in [0.2, 0.25) is 0 Å². The van der Waals surface area contributed by atoms with Gasteiger partial charge in [0, 0.05) is 12.0 Å². The van der Waals surface area contributed by atoms with Gasteiger partial charge in [0.25, 0.3) is 0 Å². The predicted molar refractivity (Wildman–Crippen MR) is 81.3 cm³/mol. The molecular weight excluding hydrogens is 320 g/mol. The molecule has 1 aromatic heterocycles. The second kappa shape index (κ2) is 6.22. The number of nitrogens with zero attached hydrogens (tertiary/aromatic N) is 2. The Labute approximate surface area is 126 Å². The minimum absolute atomic E-state index is 0.111. The summed E-state index contributed by atoms with van der Waals surface area (Å²) >= 11 is 3.53. The lowest BCUT2D eigenvalue weighted by Gasteiger charge is -2.05. The summed E-state index contributed by atoms with van der Waals surface area (Å²) in [5.41, 5.74) is 4.06. The highest BCUT2D eigenvalue weighted by Gasteiger charge is 2.15. The van der Waals surface area contributed by atoms with Crippen LogP contribution in [0, 0.1) is 6.92 Å². The standard InChI is InChI=1S/C15H17BrN2O2/c1-3-11-4-6-12(7-5-11)18-15(16)13(10(2)17-18)8-9-14(19)20/h4-7H,3,8-9H2,1-2H3,(H,19,20). The Balaban J connectivity index is 2.32. The number of aliphatic carboxylic acids is 1. The number of carboxylic acid groups (broad SMARTS) is 1. The normalized spacial score (nSPS) is 10.8. The lowest BCUT2D eigenvalue weighted by atomic mass is 10.1. The first-order chi connectivity index (χ1) is 9.52. The van der Waals surface area contributed by atoms with Crippen LogP contribution < -0.4 is 0 Å². The maximum absolute atomic E-state index is 10.7. The van der Waals surface area contributed by atoms with Crippen LogP contribution in [0.4, 0.5) is 0 Å². The van der Waals surface area contributed by atoms with Gasteiger partial charge in [-0.3, -0.25) is 4.79 Å². The third-order valence-electron chi connectivity index (χ3n) is 3.30. The van der Waals surface area contributed by atoms with Crippen LogP contribution in [-0.4, -0.2) is 20.9 Å². The van der Waals surface area contributed by atoms with E-state index in [0.29, 0.717) is 6.42 Å². The van der Waals surface area contributed by atoms with E-state index < -0.39 is 5.97 Å². The monoisotopic (exact) mass is 336 g/mol. The molecule has 0 spiro atoms. The molecule has 2 rings (SSSR count). The lowest BCUT2D eigenvalue weighted by molar-refractivity contribution is -0.136. The third kappa shape index (κ3) is 3.10. The highest BCUT2D eigenvalue weighted by Crippen LogP contribution is 2.25. The number of aryl methyl sites for hydroxylation is 2. The molecule has 0 saturated heterocycles. The van der Waals surface area contributed by atoms with Gasteiger partial charge in [-0.2, -0.15) is 5.10 Å². The third-order valence-corrected chi connectivity index (χ3v) is 4.11. The summed E-state index contributed by atoms with van der Waals surface area (Å²) in [5, 5.41) is 13.3. The van der Waals surface area contributed by atoms with Gasteiger partial charge in [0.05, 0.1) is 11.4 Å². The van der Waals surface area contributed by atoms with E-state index in [1.165, 1.54) is 5.56 Å². The molecule has 1 aromatic carbocycles. The summed E-state index contributed by atoms with van der Waals surface area (Å²) in [5.74, 6) is -0.795. The molecule has 0 unspecified atom stereocenters. The second-order valence-corrected chi connectivity index (χ2v) is 5.43. The first kappa shape index (κ1) is 14.8. The van der Waals surface area contributed by atoms with Crippen molar-refractivity contribution >= 4 is 21.9 Å². The van der Waals surface area contributed by atoms with Crippen LogP contribution in [0.5, 0.6) is 0 Å². The summed E-state index contributed by atoms with van der Waals surface area (Å²) in [4.78, 5) is 10.7. The molecule has 0 aliphatic carbocycles. The van der Waals surface area contributed by atoms with Crippen LogP contribution in [0.3, 0.4) is 0 Å². The van der Waals surface area contributed by atoms with Gasteiger partial charge >= 0.3 is 5.97 Å². The highest BCUT2D eigenvalue weighted by molar-refractivity contribution is 9.10. The van der Waals surface area contributed by atoms with Gasteiger partial charge in [-0.15, -0.1) is 0 Å². The minimum Gasteiger partial charge on any atom is -0.481 e. The molecule has 0 atom stereocenters. The van der Waals surface area contributed by atoms with E-state index in [2.05, 4.69) is 40.1 Å². The summed E-state index contributed by atoms with van der Waals surface area (Å²) in [6.45, 7) is 4.02. The number of benzene rings is 1. The zero-order valence-electron chi connectivity index (χ0n) is 11.6. The zero-order chi connectivity index (χ0) is 14.7. The average Bonchev–Trinajstić information content (AvgIpc) is 2.72. The summed E-state index contributed by atoms with van der Waals surface area (Å²) in [6.07, 6.45) is 1.60. The van der Waals surface area contributed by atoms with Crippen LogP contribution in [0.25, 0.3) is 5.69 Å². The van der Waals surface area contributed by atoms with Crippen molar-refractivity contribution in [1.29, 1.82) is 0 Å². The smallest absolute Gasteiger partial charge is 0.303 e. The van der Waals surface area contributed by atoms with Crippen molar-refractivity contribution in [2.45, 2.75) is 33.1 Å². The Morgan fingerprint density at radius 2 is 2.00 bits per heavy atom. The molecule has 1 heterocycles. The average molecular weight is 337 g/mol. The number of halogens is 1. The van der Waals surface area contributed by atoms with Crippen LogP contribution in [0.1, 0.15) is 30.2 Å². The van der Waals surface area contributed by atoms with Gasteiger partial charge < -0.3 is 5.11 Å². The quantitative estimate of drug-likeness (QED) is 0.908. The maximum atomic E-state index is 10.7. The molecule has 20 heavy (non-hydrogen) atoms. The second-order valence-electron chi connectivity index (χ2n) is 4.68. The molecule has 0 aliphatic heterocycles. The molecule has 0 bridgehead atoms. The van der Waals surface area contributed by atoms with Crippen molar-refractivity contribution in [3.63, 3.8) is 0 Å². The molecule has 0 fully saturated rings. The predicted octanol–water partition coefficient (Wildman–Crippen LogP) is 3.52. The Morgan fingerprint density at radius 3 is 2.55 bits per heavy atom. The van der Waals surface area contributed by atoms with E-state index in [1.54, 1.807) is 0 Å². The first-order valence-electron chi connectivity index (χ1n) is 6.58. The number of carboxylic acids is 1. The van der Waals surface area contributed by atoms with Gasteiger partial charge in [0.15, 0.2) is 0 Å². The maximum Gasteiger partial charge on any atom is 0.303 e. The molecule has 1 N–H and O–H groups in total. The fraction of sp³-hybridized carbons (Fsp3) is 0.333. The SMILES string of the molecule is CCc1ccc(-n2nc(C)c(CCC(=O)O)c2Br)cc1. The van der Waals surface area contributed by atoms with Gasteiger partial charge in [-0.05, 0) is 53.4 Å². The Kier molecular flexibility index (Phi) is 4.60. The summed E-state index contributed by atoms with van der Waals surface area (Å²) < 4.78 is 2.65. The van der Waals surface area contributed by atoms with E-state index in [0.717, 1.165) is 28.0 Å². The molecule has 2 aromatic rings. The van der Waals surface area contributed by atoms with E-state index in [9.17, 15) is 4.79 Å². The summed E-state index contributed by atoms with van der Waals surface area (Å²) in [7, 11) is 0.